The van der Waals surface area contributed by atoms with Gasteiger partial charge in [-0.2, -0.15) is 0 Å². The molecule has 1 fully saturated rings. The Balaban J connectivity index is 1.42. The van der Waals surface area contributed by atoms with Gasteiger partial charge in [-0.3, -0.25) is 14.7 Å². The first kappa shape index (κ1) is 16.4. The third-order valence-corrected chi connectivity index (χ3v) is 4.29. The van der Waals surface area contributed by atoms with Gasteiger partial charge in [0.1, 0.15) is 0 Å². The lowest BCUT2D eigenvalue weighted by molar-refractivity contribution is -0.117. The van der Waals surface area contributed by atoms with Crippen LogP contribution in [-0.2, 0) is 11.3 Å². The SMILES string of the molecule is O=C(/C=C/c1cccnc1)NC1CCN(Cc2ccccc2)CC1. The van der Waals surface area contributed by atoms with E-state index >= 15 is 0 Å². The topological polar surface area (TPSA) is 45.2 Å². The summed E-state index contributed by atoms with van der Waals surface area (Å²) in [6.07, 6.45) is 8.85. The second-order valence-corrected chi connectivity index (χ2v) is 6.16. The van der Waals surface area contributed by atoms with Gasteiger partial charge >= 0.3 is 0 Å². The van der Waals surface area contributed by atoms with E-state index in [0.717, 1.165) is 38.0 Å². The standard InChI is InChI=1S/C20H23N3O/c24-20(9-8-17-7-4-12-21-15-17)22-19-10-13-23(14-11-19)16-18-5-2-1-3-6-18/h1-9,12,15,19H,10-11,13-14,16H2,(H,22,24)/b9-8+. The number of amides is 1. The minimum Gasteiger partial charge on any atom is -0.350 e. The van der Waals surface area contributed by atoms with Crippen LogP contribution < -0.4 is 5.32 Å². The monoisotopic (exact) mass is 321 g/mol. The van der Waals surface area contributed by atoms with E-state index in [2.05, 4.69) is 39.5 Å². The summed E-state index contributed by atoms with van der Waals surface area (Å²) in [5.74, 6) is -0.0274. The fourth-order valence-electron chi connectivity index (χ4n) is 2.97. The molecular formula is C20H23N3O. The molecule has 0 atom stereocenters. The van der Waals surface area contributed by atoms with Crippen LogP contribution in [0.3, 0.4) is 0 Å². The smallest absolute Gasteiger partial charge is 0.244 e. The molecule has 4 nitrogen and oxygen atoms in total. The number of hydrogen-bond donors (Lipinski definition) is 1. The first-order valence-corrected chi connectivity index (χ1v) is 8.44. The normalized spacial score (nSPS) is 16.3. The predicted octanol–water partition coefficient (Wildman–Crippen LogP) is 2.88. The highest BCUT2D eigenvalue weighted by Crippen LogP contribution is 2.14. The minimum atomic E-state index is -0.0274. The lowest BCUT2D eigenvalue weighted by atomic mass is 10.0. The van der Waals surface area contributed by atoms with Gasteiger partial charge in [-0.05, 0) is 36.1 Å². The van der Waals surface area contributed by atoms with Gasteiger partial charge < -0.3 is 5.32 Å². The van der Waals surface area contributed by atoms with Crippen LogP contribution in [0, 0.1) is 0 Å². The highest BCUT2D eigenvalue weighted by Gasteiger charge is 2.19. The molecule has 4 heteroatoms. The Morgan fingerprint density at radius 2 is 1.96 bits per heavy atom. The van der Waals surface area contributed by atoms with Crippen molar-refractivity contribution in [3.8, 4) is 0 Å². The lowest BCUT2D eigenvalue weighted by Crippen LogP contribution is -2.43. The molecule has 1 N–H and O–H groups in total. The number of nitrogens with one attached hydrogen (secondary N) is 1. The van der Waals surface area contributed by atoms with Crippen molar-refractivity contribution >= 4 is 12.0 Å². The van der Waals surface area contributed by atoms with Crippen LogP contribution in [0.5, 0.6) is 0 Å². The number of rotatable bonds is 5. The van der Waals surface area contributed by atoms with Crippen LogP contribution in [-0.4, -0.2) is 34.9 Å². The van der Waals surface area contributed by atoms with Crippen LogP contribution in [0.15, 0.2) is 60.9 Å². The Labute approximate surface area is 143 Å². The minimum absolute atomic E-state index is 0.0274. The number of piperidine rings is 1. The molecule has 124 valence electrons. The molecule has 1 aromatic heterocycles. The van der Waals surface area contributed by atoms with E-state index in [-0.39, 0.29) is 11.9 Å². The van der Waals surface area contributed by atoms with Crippen molar-refractivity contribution < 1.29 is 4.79 Å². The number of aromatic nitrogens is 1. The lowest BCUT2D eigenvalue weighted by Gasteiger charge is -2.32. The zero-order chi connectivity index (χ0) is 16.6. The number of carbonyl (C=O) groups excluding carboxylic acids is 1. The molecule has 1 amide bonds. The van der Waals surface area contributed by atoms with Gasteiger partial charge in [0.2, 0.25) is 5.91 Å². The van der Waals surface area contributed by atoms with Gasteiger partial charge in [0.15, 0.2) is 0 Å². The maximum absolute atomic E-state index is 12.0. The van der Waals surface area contributed by atoms with E-state index in [4.69, 9.17) is 0 Å². The number of benzene rings is 1. The molecule has 1 saturated heterocycles. The summed E-state index contributed by atoms with van der Waals surface area (Å²) < 4.78 is 0. The molecule has 3 rings (SSSR count). The van der Waals surface area contributed by atoms with Crippen molar-refractivity contribution in [1.82, 2.24) is 15.2 Å². The summed E-state index contributed by atoms with van der Waals surface area (Å²) >= 11 is 0. The van der Waals surface area contributed by atoms with Crippen LogP contribution in [0.4, 0.5) is 0 Å². The summed E-state index contributed by atoms with van der Waals surface area (Å²) in [6.45, 7) is 3.03. The fourth-order valence-corrected chi connectivity index (χ4v) is 2.97. The van der Waals surface area contributed by atoms with E-state index in [1.54, 1.807) is 24.5 Å². The van der Waals surface area contributed by atoms with Gasteiger partial charge in [0, 0.05) is 44.1 Å². The van der Waals surface area contributed by atoms with Crippen LogP contribution in [0.1, 0.15) is 24.0 Å². The van der Waals surface area contributed by atoms with E-state index in [1.807, 2.05) is 18.2 Å². The molecule has 2 heterocycles. The fraction of sp³-hybridized carbons (Fsp3) is 0.300. The molecule has 2 aromatic rings. The molecule has 0 saturated carbocycles. The van der Waals surface area contributed by atoms with Crippen molar-refractivity contribution in [2.75, 3.05) is 13.1 Å². The maximum atomic E-state index is 12.0. The van der Waals surface area contributed by atoms with Crippen molar-refractivity contribution in [3.63, 3.8) is 0 Å². The summed E-state index contributed by atoms with van der Waals surface area (Å²) in [4.78, 5) is 18.5. The summed E-state index contributed by atoms with van der Waals surface area (Å²) in [5.41, 5.74) is 2.28. The Morgan fingerprint density at radius 3 is 2.67 bits per heavy atom. The Kier molecular flexibility index (Phi) is 5.75. The van der Waals surface area contributed by atoms with Gasteiger partial charge in [-0.1, -0.05) is 36.4 Å². The molecule has 0 bridgehead atoms. The number of hydrogen-bond acceptors (Lipinski definition) is 3. The zero-order valence-electron chi connectivity index (χ0n) is 13.8. The quantitative estimate of drug-likeness (QED) is 0.861. The highest BCUT2D eigenvalue weighted by molar-refractivity contribution is 5.91. The third kappa shape index (κ3) is 5.03. The number of nitrogens with zero attached hydrogens (tertiary/aromatic N) is 2. The van der Waals surface area contributed by atoms with E-state index in [0.29, 0.717) is 0 Å². The molecule has 0 unspecified atom stereocenters. The third-order valence-electron chi connectivity index (χ3n) is 4.29. The van der Waals surface area contributed by atoms with Crippen molar-refractivity contribution in [1.29, 1.82) is 0 Å². The van der Waals surface area contributed by atoms with Crippen molar-refractivity contribution in [2.24, 2.45) is 0 Å². The maximum Gasteiger partial charge on any atom is 0.244 e. The van der Waals surface area contributed by atoms with Crippen LogP contribution >= 0.6 is 0 Å². The first-order valence-electron chi connectivity index (χ1n) is 8.44. The molecule has 0 aliphatic carbocycles. The summed E-state index contributed by atoms with van der Waals surface area (Å²) in [5, 5.41) is 3.10. The Morgan fingerprint density at radius 1 is 1.17 bits per heavy atom. The van der Waals surface area contributed by atoms with Gasteiger partial charge in [-0.15, -0.1) is 0 Å². The van der Waals surface area contributed by atoms with Crippen molar-refractivity contribution in [3.05, 3.63) is 72.1 Å². The van der Waals surface area contributed by atoms with E-state index in [9.17, 15) is 4.79 Å². The van der Waals surface area contributed by atoms with Gasteiger partial charge in [0.05, 0.1) is 0 Å². The molecule has 1 aliphatic rings. The van der Waals surface area contributed by atoms with Crippen LogP contribution in [0.25, 0.3) is 6.08 Å². The second-order valence-electron chi connectivity index (χ2n) is 6.16. The molecule has 1 aromatic carbocycles. The van der Waals surface area contributed by atoms with E-state index in [1.165, 1.54) is 5.56 Å². The van der Waals surface area contributed by atoms with Crippen molar-refractivity contribution in [2.45, 2.75) is 25.4 Å². The molecule has 24 heavy (non-hydrogen) atoms. The molecule has 1 aliphatic heterocycles. The molecule has 0 spiro atoms. The summed E-state index contributed by atoms with van der Waals surface area (Å²) in [7, 11) is 0. The van der Waals surface area contributed by atoms with Gasteiger partial charge in [0.25, 0.3) is 0 Å². The Hall–Kier alpha value is -2.46. The second kappa shape index (κ2) is 8.41. The summed E-state index contributed by atoms with van der Waals surface area (Å²) in [6, 6.07) is 14.6. The average Bonchev–Trinajstić information content (AvgIpc) is 2.63. The number of pyridine rings is 1. The largest absolute Gasteiger partial charge is 0.350 e. The predicted molar refractivity (Wildman–Crippen MR) is 96.2 cm³/mol. The zero-order valence-corrected chi connectivity index (χ0v) is 13.8. The Bertz CT molecular complexity index is 662. The highest BCUT2D eigenvalue weighted by atomic mass is 16.1. The first-order chi connectivity index (χ1) is 11.8. The molecule has 0 radical (unpaired) electrons. The number of likely N-dealkylation sites (tertiary alicyclic amines) is 1. The van der Waals surface area contributed by atoms with Gasteiger partial charge in [-0.25, -0.2) is 0 Å². The van der Waals surface area contributed by atoms with E-state index < -0.39 is 0 Å². The number of carbonyl (C=O) groups is 1. The average molecular weight is 321 g/mol. The molecular weight excluding hydrogens is 298 g/mol. The van der Waals surface area contributed by atoms with Crippen LogP contribution in [0.2, 0.25) is 0 Å².